The maximum atomic E-state index is 13.2. The van der Waals surface area contributed by atoms with E-state index in [0.29, 0.717) is 25.3 Å². The van der Waals surface area contributed by atoms with E-state index in [1.807, 2.05) is 50.9 Å². The molecule has 6 N–H and O–H groups in total. The van der Waals surface area contributed by atoms with Gasteiger partial charge in [-0.1, -0.05) is 101 Å². The largest absolute Gasteiger partial charge is 0.348 e. The van der Waals surface area contributed by atoms with E-state index in [1.54, 1.807) is 0 Å². The highest BCUT2D eigenvalue weighted by Crippen LogP contribution is 2.33. The van der Waals surface area contributed by atoms with Crippen LogP contribution < -0.4 is 27.0 Å². The fraction of sp³-hybridized carbons (Fsp3) is 0.861. The third-order valence-corrected chi connectivity index (χ3v) is 8.03. The lowest BCUT2D eigenvalue weighted by molar-refractivity contribution is -0.136. The number of hydrogen-bond acceptors (Lipinski definition) is 9. The molecule has 0 aromatic carbocycles. The van der Waals surface area contributed by atoms with Crippen LogP contribution in [-0.4, -0.2) is 104 Å². The van der Waals surface area contributed by atoms with Crippen molar-refractivity contribution in [3.8, 4) is 0 Å². The number of nitrogens with zero attached hydrogens (tertiary/aromatic N) is 2. The minimum absolute atomic E-state index is 0.0138. The molecule has 49 heavy (non-hydrogen) atoms. The molecule has 1 saturated carbocycles. The van der Waals surface area contributed by atoms with E-state index in [0.717, 1.165) is 38.9 Å². The first-order valence-corrected chi connectivity index (χ1v) is 18.6. The van der Waals surface area contributed by atoms with E-state index in [9.17, 15) is 24.0 Å². The summed E-state index contributed by atoms with van der Waals surface area (Å²) in [6.45, 7) is 25.6. The molecule has 2 rings (SSSR count). The summed E-state index contributed by atoms with van der Waals surface area (Å²) in [6, 6.07) is -1.30. The zero-order valence-corrected chi connectivity index (χ0v) is 34.2. The summed E-state index contributed by atoms with van der Waals surface area (Å²) in [5.41, 5.74) is 4.01. The van der Waals surface area contributed by atoms with Crippen molar-refractivity contribution in [3.05, 3.63) is 0 Å². The molecule has 0 spiro atoms. The number of ketones is 1. The Labute approximate surface area is 305 Å². The average molecular weight is 718 g/mol. The SMILES string of the molecule is CC.CC1CCCN1C(=O)C(NC(=O)NC(CNCCN(C)S)C(C)(C)C)C(C)(C)C.CCC.CN.O=CNC(CCC1CC1)C(=O)C=O. The maximum absolute atomic E-state index is 13.2. The molecule has 0 radical (unpaired) electrons. The summed E-state index contributed by atoms with van der Waals surface area (Å²) in [5, 5.41) is 11.8. The normalized spacial score (nSPS) is 17.1. The van der Waals surface area contributed by atoms with Crippen molar-refractivity contribution >= 4 is 43.2 Å². The molecular formula is C36H75N7O5S. The van der Waals surface area contributed by atoms with E-state index < -0.39 is 17.9 Å². The predicted octanol–water partition coefficient (Wildman–Crippen LogP) is 4.57. The molecule has 1 aliphatic heterocycles. The van der Waals surface area contributed by atoms with Crippen LogP contribution in [0, 0.1) is 16.7 Å². The van der Waals surface area contributed by atoms with Gasteiger partial charge in [0.25, 0.3) is 0 Å². The molecule has 0 bridgehead atoms. The van der Waals surface area contributed by atoms with Crippen molar-refractivity contribution < 1.29 is 24.0 Å². The van der Waals surface area contributed by atoms with Gasteiger partial charge in [-0.2, -0.15) is 0 Å². The molecule has 4 amide bonds. The molecule has 0 aromatic rings. The predicted molar refractivity (Wildman–Crippen MR) is 206 cm³/mol. The van der Waals surface area contributed by atoms with E-state index in [1.165, 1.54) is 26.3 Å². The Kier molecular flexibility index (Phi) is 29.7. The number of rotatable bonds is 15. The second-order valence-corrected chi connectivity index (χ2v) is 15.2. The molecule has 290 valence electrons. The highest BCUT2D eigenvalue weighted by molar-refractivity contribution is 7.77. The second-order valence-electron chi connectivity index (χ2n) is 14.5. The van der Waals surface area contributed by atoms with Crippen LogP contribution in [0.2, 0.25) is 0 Å². The number of likely N-dealkylation sites (tertiary alicyclic amines) is 1. The van der Waals surface area contributed by atoms with E-state index in [-0.39, 0.29) is 41.1 Å². The number of likely N-dealkylation sites (N-methyl/N-ethyl adjacent to an activating group) is 1. The third-order valence-electron chi connectivity index (χ3n) is 7.83. The quantitative estimate of drug-likeness (QED) is 0.0621. The summed E-state index contributed by atoms with van der Waals surface area (Å²) < 4.78 is 1.82. The zero-order chi connectivity index (χ0) is 38.8. The van der Waals surface area contributed by atoms with E-state index in [2.05, 4.69) is 81.4 Å². The minimum Gasteiger partial charge on any atom is -0.348 e. The van der Waals surface area contributed by atoms with Crippen molar-refractivity contribution in [1.82, 2.24) is 30.5 Å². The Bertz CT molecular complexity index is 905. The van der Waals surface area contributed by atoms with Crippen molar-refractivity contribution in [1.29, 1.82) is 0 Å². The fourth-order valence-electron chi connectivity index (χ4n) is 4.75. The molecule has 1 aliphatic carbocycles. The maximum Gasteiger partial charge on any atom is 0.315 e. The lowest BCUT2D eigenvalue weighted by atomic mass is 9.85. The smallest absolute Gasteiger partial charge is 0.315 e. The van der Waals surface area contributed by atoms with Crippen LogP contribution >= 0.6 is 12.8 Å². The molecule has 2 aliphatic rings. The first kappa shape index (κ1) is 51.2. The number of hydrogen-bond donors (Lipinski definition) is 6. The topological polar surface area (TPSA) is 166 Å². The van der Waals surface area contributed by atoms with Gasteiger partial charge in [-0.25, -0.2) is 4.79 Å². The molecule has 13 heteroatoms. The molecule has 4 unspecified atom stereocenters. The standard InChI is InChI=1S/C21H43N5O2S.C9H13NO3.C3H8.C2H6.CH5N/c1-15-10-9-12-26(15)18(27)17(21(5,6)7)24-19(28)23-16(20(2,3)4)14-22-11-13-25(8)29;11-5-9(13)8(10-6-12)4-3-7-1-2-7;1-3-2;2*1-2/h15-17,22,29H,9-14H2,1-8H3,(H2,23,24,28);5-8H,1-4H2,(H,10,12);3H2,1-2H3;1-2H3;2H2,1H3. The number of carbonyl (C=O) groups excluding carboxylic acids is 5. The van der Waals surface area contributed by atoms with E-state index in [4.69, 9.17) is 0 Å². The summed E-state index contributed by atoms with van der Waals surface area (Å²) in [4.78, 5) is 59.2. The van der Waals surface area contributed by atoms with Gasteiger partial charge in [-0.05, 0) is 63.5 Å². The van der Waals surface area contributed by atoms with Gasteiger partial charge >= 0.3 is 6.03 Å². The van der Waals surface area contributed by atoms with Crippen molar-refractivity contribution in [2.45, 2.75) is 145 Å². The summed E-state index contributed by atoms with van der Waals surface area (Å²) >= 11 is 4.24. The second kappa shape index (κ2) is 28.5. The molecular weight excluding hydrogens is 643 g/mol. The average Bonchev–Trinajstić information content (AvgIpc) is 3.77. The van der Waals surface area contributed by atoms with Gasteiger partial charge in [-0.3, -0.25) is 23.5 Å². The fourth-order valence-corrected chi connectivity index (χ4v) is 4.85. The Morgan fingerprint density at radius 1 is 0.980 bits per heavy atom. The van der Waals surface area contributed by atoms with Crippen LogP contribution in [0.3, 0.4) is 0 Å². The first-order chi connectivity index (χ1) is 22.9. The summed E-state index contributed by atoms with van der Waals surface area (Å²) in [5.74, 6) is 0.183. The van der Waals surface area contributed by atoms with Gasteiger partial charge in [0.1, 0.15) is 6.04 Å². The number of carbonyl (C=O) groups is 5. The summed E-state index contributed by atoms with van der Waals surface area (Å²) in [6.07, 6.45) is 7.97. The van der Waals surface area contributed by atoms with Gasteiger partial charge in [0.05, 0.1) is 6.04 Å². The molecule has 4 atom stereocenters. The van der Waals surface area contributed by atoms with Crippen molar-refractivity contribution in [3.63, 3.8) is 0 Å². The number of nitrogens with two attached hydrogens (primary N) is 1. The van der Waals surface area contributed by atoms with Gasteiger partial charge < -0.3 is 31.9 Å². The van der Waals surface area contributed by atoms with Crippen molar-refractivity contribution in [2.75, 3.05) is 40.3 Å². The number of aldehydes is 1. The first-order valence-electron chi connectivity index (χ1n) is 18.2. The van der Waals surface area contributed by atoms with Crippen LogP contribution in [0.1, 0.15) is 121 Å². The Morgan fingerprint density at radius 3 is 1.92 bits per heavy atom. The van der Waals surface area contributed by atoms with Gasteiger partial charge in [-0.15, -0.1) is 0 Å². The Hall–Kier alpha value is -2.22. The van der Waals surface area contributed by atoms with Crippen LogP contribution in [0.5, 0.6) is 0 Å². The number of Topliss-reactive ketones (excluding diaryl/α,β-unsaturated/α-hetero) is 1. The van der Waals surface area contributed by atoms with Crippen molar-refractivity contribution in [2.24, 2.45) is 22.5 Å². The Morgan fingerprint density at radius 2 is 1.53 bits per heavy atom. The molecule has 0 aromatic heterocycles. The monoisotopic (exact) mass is 718 g/mol. The molecule has 1 heterocycles. The lowest BCUT2D eigenvalue weighted by Gasteiger charge is -2.37. The highest BCUT2D eigenvalue weighted by Gasteiger charge is 2.39. The molecule has 12 nitrogen and oxygen atoms in total. The van der Waals surface area contributed by atoms with Crippen LogP contribution in [0.25, 0.3) is 0 Å². The molecule has 1 saturated heterocycles. The van der Waals surface area contributed by atoms with Crippen LogP contribution in [-0.2, 0) is 19.2 Å². The zero-order valence-electron chi connectivity index (χ0n) is 33.3. The summed E-state index contributed by atoms with van der Waals surface area (Å²) in [7, 11) is 3.41. The third kappa shape index (κ3) is 24.6. The highest BCUT2D eigenvalue weighted by atomic mass is 32.1. The number of urea groups is 1. The minimum atomic E-state index is -0.601. The number of thiol groups is 1. The number of amides is 4. The van der Waals surface area contributed by atoms with E-state index >= 15 is 0 Å². The van der Waals surface area contributed by atoms with Crippen LogP contribution in [0.4, 0.5) is 4.79 Å². The van der Waals surface area contributed by atoms with Crippen LogP contribution in [0.15, 0.2) is 0 Å². The Balaban J connectivity index is -0.000000873. The number of nitrogens with one attached hydrogen (secondary N) is 4. The lowest BCUT2D eigenvalue weighted by Crippen LogP contribution is -2.60. The van der Waals surface area contributed by atoms with Gasteiger partial charge in [0, 0.05) is 38.3 Å². The van der Waals surface area contributed by atoms with Gasteiger partial charge in [0.15, 0.2) is 6.29 Å². The van der Waals surface area contributed by atoms with Gasteiger partial charge in [0.2, 0.25) is 18.1 Å². The molecule has 2 fully saturated rings.